The van der Waals surface area contributed by atoms with Crippen molar-refractivity contribution in [2.75, 3.05) is 0 Å². The van der Waals surface area contributed by atoms with Crippen molar-refractivity contribution in [2.45, 2.75) is 27.7 Å². The molecule has 3 rings (SSSR count). The summed E-state index contributed by atoms with van der Waals surface area (Å²) in [4.78, 5) is 9.48. The first kappa shape index (κ1) is 15.3. The zero-order valence-electron chi connectivity index (χ0n) is 14.4. The summed E-state index contributed by atoms with van der Waals surface area (Å²) in [6, 6.07) is 12.6. The van der Waals surface area contributed by atoms with Gasteiger partial charge in [-0.25, -0.2) is 4.57 Å². The van der Waals surface area contributed by atoms with E-state index in [0.29, 0.717) is 0 Å². The predicted molar refractivity (Wildman–Crippen MR) is 93.0 cm³/mol. The number of nitrogens with zero attached hydrogens (tertiary/aromatic N) is 3. The Morgan fingerprint density at radius 2 is 1.22 bits per heavy atom. The summed E-state index contributed by atoms with van der Waals surface area (Å²) in [6.45, 7) is 8.47. The topological polar surface area (TPSA) is 29.7 Å². The Labute approximate surface area is 137 Å². The highest BCUT2D eigenvalue weighted by atomic mass is 15.1. The molecule has 0 amide bonds. The lowest BCUT2D eigenvalue weighted by Gasteiger charge is -2.09. The maximum Gasteiger partial charge on any atom is 0.308 e. The SMILES string of the molecule is Cc1cccc(C)c1-c1nc[n+](C)c(-c2c(C)cccc2C)n1. The van der Waals surface area contributed by atoms with Gasteiger partial charge in [-0.2, -0.15) is 0 Å². The Balaban J connectivity index is 2.26. The van der Waals surface area contributed by atoms with Crippen LogP contribution in [0.3, 0.4) is 0 Å². The molecule has 2 aromatic carbocycles. The Kier molecular flexibility index (Phi) is 3.95. The number of hydrogen-bond donors (Lipinski definition) is 0. The maximum absolute atomic E-state index is 4.91. The van der Waals surface area contributed by atoms with E-state index in [9.17, 15) is 0 Å². The van der Waals surface area contributed by atoms with Crippen LogP contribution in [0.4, 0.5) is 0 Å². The van der Waals surface area contributed by atoms with Crippen molar-refractivity contribution >= 4 is 0 Å². The van der Waals surface area contributed by atoms with Gasteiger partial charge in [0.25, 0.3) is 5.82 Å². The van der Waals surface area contributed by atoms with Gasteiger partial charge in [-0.05, 0) is 49.9 Å². The van der Waals surface area contributed by atoms with Crippen molar-refractivity contribution in [3.8, 4) is 22.8 Å². The van der Waals surface area contributed by atoms with E-state index in [1.54, 1.807) is 0 Å². The lowest BCUT2D eigenvalue weighted by Crippen LogP contribution is -2.33. The molecule has 0 atom stereocenters. The molecular weight excluding hydrogens is 282 g/mol. The molecular formula is C20H22N3+. The number of rotatable bonds is 2. The van der Waals surface area contributed by atoms with E-state index < -0.39 is 0 Å². The van der Waals surface area contributed by atoms with E-state index in [1.165, 1.54) is 27.8 Å². The Morgan fingerprint density at radius 3 is 1.74 bits per heavy atom. The van der Waals surface area contributed by atoms with Crippen LogP contribution >= 0.6 is 0 Å². The highest BCUT2D eigenvalue weighted by molar-refractivity contribution is 5.67. The molecule has 0 saturated heterocycles. The average molecular weight is 304 g/mol. The summed E-state index contributed by atoms with van der Waals surface area (Å²) in [5.41, 5.74) is 7.17. The van der Waals surface area contributed by atoms with Crippen molar-refractivity contribution in [3.63, 3.8) is 0 Å². The Hall–Kier alpha value is -2.55. The molecule has 0 spiro atoms. The van der Waals surface area contributed by atoms with E-state index in [4.69, 9.17) is 4.98 Å². The summed E-state index contributed by atoms with van der Waals surface area (Å²) in [7, 11) is 2.00. The lowest BCUT2D eigenvalue weighted by molar-refractivity contribution is -0.666. The van der Waals surface area contributed by atoms with Crippen molar-refractivity contribution in [1.29, 1.82) is 0 Å². The molecule has 0 saturated carbocycles. The smallest absolute Gasteiger partial charge is 0.236 e. The fourth-order valence-electron chi connectivity index (χ4n) is 3.09. The van der Waals surface area contributed by atoms with Crippen LogP contribution in [0.5, 0.6) is 0 Å². The third-order valence-electron chi connectivity index (χ3n) is 4.31. The predicted octanol–water partition coefficient (Wildman–Crippen LogP) is 3.87. The second-order valence-corrected chi connectivity index (χ2v) is 6.15. The first-order chi connectivity index (χ1) is 11.0. The fourth-order valence-corrected chi connectivity index (χ4v) is 3.09. The van der Waals surface area contributed by atoms with Gasteiger partial charge < -0.3 is 0 Å². The monoisotopic (exact) mass is 304 g/mol. The van der Waals surface area contributed by atoms with Gasteiger partial charge in [-0.1, -0.05) is 46.4 Å². The van der Waals surface area contributed by atoms with Crippen LogP contribution in [0, 0.1) is 27.7 Å². The second-order valence-electron chi connectivity index (χ2n) is 6.15. The molecule has 3 nitrogen and oxygen atoms in total. The number of aryl methyl sites for hydroxylation is 5. The summed E-state index contributed by atoms with van der Waals surface area (Å²) < 4.78 is 1.99. The molecule has 0 bridgehead atoms. The van der Waals surface area contributed by atoms with Crippen LogP contribution in [-0.4, -0.2) is 9.97 Å². The van der Waals surface area contributed by atoms with Gasteiger partial charge in [0.15, 0.2) is 0 Å². The zero-order chi connectivity index (χ0) is 16.6. The van der Waals surface area contributed by atoms with Gasteiger partial charge in [-0.15, -0.1) is 0 Å². The quantitative estimate of drug-likeness (QED) is 0.673. The zero-order valence-corrected chi connectivity index (χ0v) is 14.4. The fraction of sp³-hybridized carbons (Fsp3) is 0.250. The third-order valence-corrected chi connectivity index (χ3v) is 4.31. The molecule has 23 heavy (non-hydrogen) atoms. The number of hydrogen-bond acceptors (Lipinski definition) is 2. The van der Waals surface area contributed by atoms with Crippen molar-refractivity contribution in [2.24, 2.45) is 7.05 Å². The van der Waals surface area contributed by atoms with E-state index in [1.807, 2.05) is 17.9 Å². The second kappa shape index (κ2) is 5.92. The van der Waals surface area contributed by atoms with Crippen molar-refractivity contribution in [1.82, 2.24) is 9.97 Å². The van der Waals surface area contributed by atoms with Crippen LogP contribution in [0.25, 0.3) is 22.8 Å². The van der Waals surface area contributed by atoms with E-state index in [-0.39, 0.29) is 0 Å². The average Bonchev–Trinajstić information content (AvgIpc) is 2.49. The molecule has 0 aliphatic carbocycles. The van der Waals surface area contributed by atoms with Gasteiger partial charge in [0, 0.05) is 0 Å². The van der Waals surface area contributed by atoms with Crippen LogP contribution in [0.1, 0.15) is 22.3 Å². The highest BCUT2D eigenvalue weighted by Crippen LogP contribution is 2.27. The Bertz CT molecular complexity index is 842. The van der Waals surface area contributed by atoms with Gasteiger partial charge in [0.1, 0.15) is 0 Å². The molecule has 0 N–H and O–H groups in total. The molecule has 3 aromatic rings. The van der Waals surface area contributed by atoms with Crippen LogP contribution in [-0.2, 0) is 7.05 Å². The summed E-state index contributed by atoms with van der Waals surface area (Å²) >= 11 is 0. The highest BCUT2D eigenvalue weighted by Gasteiger charge is 2.21. The summed E-state index contributed by atoms with van der Waals surface area (Å²) in [6.07, 6.45) is 1.86. The van der Waals surface area contributed by atoms with Gasteiger partial charge >= 0.3 is 5.82 Å². The van der Waals surface area contributed by atoms with Crippen molar-refractivity contribution < 1.29 is 4.57 Å². The van der Waals surface area contributed by atoms with Gasteiger partial charge in [0.05, 0.1) is 18.2 Å². The first-order valence-electron chi connectivity index (χ1n) is 7.85. The summed E-state index contributed by atoms with van der Waals surface area (Å²) in [5.74, 6) is 1.74. The molecule has 0 aliphatic rings. The van der Waals surface area contributed by atoms with Gasteiger partial charge in [0.2, 0.25) is 6.33 Å². The summed E-state index contributed by atoms with van der Waals surface area (Å²) in [5, 5.41) is 0. The molecule has 0 aliphatic heterocycles. The molecule has 0 fully saturated rings. The third kappa shape index (κ3) is 2.74. The number of benzene rings is 2. The molecule has 0 radical (unpaired) electrons. The van der Waals surface area contributed by atoms with Crippen LogP contribution < -0.4 is 4.57 Å². The minimum atomic E-state index is 0.788. The molecule has 1 aromatic heterocycles. The first-order valence-corrected chi connectivity index (χ1v) is 7.85. The number of aromatic nitrogens is 3. The van der Waals surface area contributed by atoms with Crippen LogP contribution in [0.15, 0.2) is 42.7 Å². The minimum absolute atomic E-state index is 0.788. The standard InChI is InChI=1S/C20H22N3/c1-13-8-6-9-14(2)17(13)19-21-12-23(5)20(22-19)18-15(3)10-7-11-16(18)4/h6-12H,1-5H3/q+1. The molecule has 116 valence electrons. The normalized spacial score (nSPS) is 10.8. The minimum Gasteiger partial charge on any atom is -0.236 e. The van der Waals surface area contributed by atoms with E-state index >= 15 is 0 Å². The van der Waals surface area contributed by atoms with Crippen molar-refractivity contribution in [3.05, 3.63) is 65.0 Å². The molecule has 0 unspecified atom stereocenters. The van der Waals surface area contributed by atoms with E-state index in [2.05, 4.69) is 69.1 Å². The largest absolute Gasteiger partial charge is 0.308 e. The van der Waals surface area contributed by atoms with E-state index in [0.717, 1.165) is 17.2 Å². The lowest BCUT2D eigenvalue weighted by atomic mass is 10.0. The Morgan fingerprint density at radius 1 is 0.739 bits per heavy atom. The molecule has 3 heteroatoms. The maximum atomic E-state index is 4.91. The van der Waals surface area contributed by atoms with Gasteiger partial charge in [-0.3, -0.25) is 0 Å². The van der Waals surface area contributed by atoms with Crippen LogP contribution in [0.2, 0.25) is 0 Å². The molecule has 1 heterocycles.